The number of benzene rings is 1. The summed E-state index contributed by atoms with van der Waals surface area (Å²) in [6.45, 7) is 2.93. The number of hydrogen-bond donors (Lipinski definition) is 1. The number of hydrogen-bond acceptors (Lipinski definition) is 2. The van der Waals surface area contributed by atoms with Gasteiger partial charge in [0.25, 0.3) is 0 Å². The van der Waals surface area contributed by atoms with Crippen LogP contribution >= 0.6 is 0 Å². The number of rotatable bonds is 2. The lowest BCUT2D eigenvalue weighted by atomic mass is 10.2. The highest BCUT2D eigenvalue weighted by Gasteiger charge is 2.18. The summed E-state index contributed by atoms with van der Waals surface area (Å²) in [6, 6.07) is 2.98. The van der Waals surface area contributed by atoms with Gasteiger partial charge in [-0.1, -0.05) is 0 Å². The van der Waals surface area contributed by atoms with Crippen LogP contribution in [-0.2, 0) is 6.54 Å². The second-order valence-corrected chi connectivity index (χ2v) is 4.68. The van der Waals surface area contributed by atoms with Crippen LogP contribution in [0.1, 0.15) is 5.56 Å². The summed E-state index contributed by atoms with van der Waals surface area (Å²) < 4.78 is 26.3. The van der Waals surface area contributed by atoms with E-state index in [1.54, 1.807) is 4.90 Å². The summed E-state index contributed by atoms with van der Waals surface area (Å²) in [6.07, 6.45) is 0. The van der Waals surface area contributed by atoms with Crippen LogP contribution in [0.25, 0.3) is 0 Å². The summed E-state index contributed by atoms with van der Waals surface area (Å²) in [4.78, 5) is 15.7. The molecular formula is C13H17F2N3O. The first-order valence-electron chi connectivity index (χ1n) is 6.21. The maximum atomic E-state index is 13.4. The van der Waals surface area contributed by atoms with Gasteiger partial charge >= 0.3 is 6.03 Å². The second-order valence-electron chi connectivity index (χ2n) is 4.68. The molecule has 0 aliphatic carbocycles. The van der Waals surface area contributed by atoms with E-state index in [9.17, 15) is 13.6 Å². The Morgan fingerprint density at radius 3 is 2.63 bits per heavy atom. The fourth-order valence-electron chi connectivity index (χ4n) is 1.97. The van der Waals surface area contributed by atoms with Gasteiger partial charge < -0.3 is 15.1 Å². The number of nitrogens with zero attached hydrogens (tertiary/aromatic N) is 2. The molecule has 0 aromatic heterocycles. The van der Waals surface area contributed by atoms with Crippen LogP contribution in [0, 0.1) is 11.6 Å². The Bertz CT molecular complexity index is 459. The minimum atomic E-state index is -0.514. The number of urea groups is 1. The quantitative estimate of drug-likeness (QED) is 0.881. The molecule has 1 fully saturated rings. The van der Waals surface area contributed by atoms with Crippen molar-refractivity contribution in [3.8, 4) is 0 Å². The van der Waals surface area contributed by atoms with Gasteiger partial charge in [-0.3, -0.25) is 0 Å². The number of carbonyl (C=O) groups is 1. The molecule has 1 heterocycles. The van der Waals surface area contributed by atoms with Crippen molar-refractivity contribution >= 4 is 6.03 Å². The maximum absolute atomic E-state index is 13.4. The molecule has 0 spiro atoms. The van der Waals surface area contributed by atoms with Crippen molar-refractivity contribution < 1.29 is 13.6 Å². The molecule has 1 saturated heterocycles. The Kier molecular flexibility index (Phi) is 4.31. The zero-order valence-electron chi connectivity index (χ0n) is 10.8. The topological polar surface area (TPSA) is 35.6 Å². The third-order valence-corrected chi connectivity index (χ3v) is 3.23. The average Bonchev–Trinajstić information content (AvgIpc) is 2.40. The van der Waals surface area contributed by atoms with E-state index >= 15 is 0 Å². The molecule has 104 valence electrons. The number of likely N-dealkylation sites (N-methyl/N-ethyl adjacent to an activating group) is 1. The van der Waals surface area contributed by atoms with E-state index in [1.807, 2.05) is 7.05 Å². The van der Waals surface area contributed by atoms with Gasteiger partial charge in [0, 0.05) is 38.3 Å². The highest BCUT2D eigenvalue weighted by Crippen LogP contribution is 2.09. The maximum Gasteiger partial charge on any atom is 0.317 e. The molecule has 1 aromatic rings. The van der Waals surface area contributed by atoms with Gasteiger partial charge in [-0.15, -0.1) is 0 Å². The molecule has 19 heavy (non-hydrogen) atoms. The predicted octanol–water partition coefficient (Wildman–Crippen LogP) is 1.42. The minimum absolute atomic E-state index is 0.00519. The lowest BCUT2D eigenvalue weighted by Crippen LogP contribution is -2.50. The smallest absolute Gasteiger partial charge is 0.317 e. The predicted molar refractivity (Wildman–Crippen MR) is 67.7 cm³/mol. The molecule has 0 radical (unpaired) electrons. The number of nitrogens with one attached hydrogen (secondary N) is 1. The molecular weight excluding hydrogens is 252 g/mol. The standard InChI is InChI=1S/C13H17F2N3O/c1-17-4-6-18(7-5-17)13(19)16-9-10-8-11(14)2-3-12(10)15/h2-3,8H,4-7,9H2,1H3,(H,16,19). The van der Waals surface area contributed by atoms with Crippen LogP contribution in [0.3, 0.4) is 0 Å². The fourth-order valence-corrected chi connectivity index (χ4v) is 1.97. The van der Waals surface area contributed by atoms with E-state index in [0.717, 1.165) is 31.3 Å². The Morgan fingerprint density at radius 2 is 1.95 bits per heavy atom. The molecule has 4 nitrogen and oxygen atoms in total. The van der Waals surface area contributed by atoms with Crippen molar-refractivity contribution in [2.75, 3.05) is 33.2 Å². The first-order chi connectivity index (χ1) is 9.06. The molecule has 1 aliphatic heterocycles. The molecule has 0 atom stereocenters. The lowest BCUT2D eigenvalue weighted by molar-refractivity contribution is 0.154. The Labute approximate surface area is 111 Å². The number of halogens is 2. The first-order valence-corrected chi connectivity index (χ1v) is 6.21. The Balaban J connectivity index is 1.88. The summed E-state index contributed by atoms with van der Waals surface area (Å²) in [5.41, 5.74) is 0.155. The SMILES string of the molecule is CN1CCN(C(=O)NCc2cc(F)ccc2F)CC1. The van der Waals surface area contributed by atoms with Crippen molar-refractivity contribution in [2.45, 2.75) is 6.54 Å². The summed E-state index contributed by atoms with van der Waals surface area (Å²) in [5, 5.41) is 2.61. The van der Waals surface area contributed by atoms with E-state index in [1.165, 1.54) is 0 Å². The van der Waals surface area contributed by atoms with Crippen molar-refractivity contribution in [1.29, 1.82) is 0 Å². The summed E-state index contributed by atoms with van der Waals surface area (Å²) >= 11 is 0. The van der Waals surface area contributed by atoms with Crippen molar-refractivity contribution in [3.05, 3.63) is 35.4 Å². The monoisotopic (exact) mass is 269 g/mol. The Hall–Kier alpha value is -1.69. The van der Waals surface area contributed by atoms with Gasteiger partial charge in [-0.05, 0) is 25.2 Å². The van der Waals surface area contributed by atoms with Gasteiger partial charge in [0.15, 0.2) is 0 Å². The van der Waals surface area contributed by atoms with Crippen LogP contribution < -0.4 is 5.32 Å². The number of piperazine rings is 1. The fraction of sp³-hybridized carbons (Fsp3) is 0.462. The molecule has 6 heteroatoms. The van der Waals surface area contributed by atoms with Crippen LogP contribution in [0.15, 0.2) is 18.2 Å². The van der Waals surface area contributed by atoms with Gasteiger partial charge in [0.1, 0.15) is 11.6 Å². The number of carbonyl (C=O) groups excluding carboxylic acids is 1. The van der Waals surface area contributed by atoms with Crippen LogP contribution in [0.4, 0.5) is 13.6 Å². The van der Waals surface area contributed by atoms with Crippen LogP contribution in [-0.4, -0.2) is 49.1 Å². The van der Waals surface area contributed by atoms with Gasteiger partial charge in [-0.25, -0.2) is 13.6 Å². The normalized spacial score (nSPS) is 16.5. The minimum Gasteiger partial charge on any atom is -0.334 e. The van der Waals surface area contributed by atoms with E-state index in [4.69, 9.17) is 0 Å². The van der Waals surface area contributed by atoms with E-state index in [2.05, 4.69) is 10.2 Å². The molecule has 0 saturated carbocycles. The highest BCUT2D eigenvalue weighted by atomic mass is 19.1. The molecule has 1 aromatic carbocycles. The lowest BCUT2D eigenvalue weighted by Gasteiger charge is -2.32. The molecule has 2 amide bonds. The molecule has 0 unspecified atom stereocenters. The largest absolute Gasteiger partial charge is 0.334 e. The molecule has 1 N–H and O–H groups in total. The van der Waals surface area contributed by atoms with Crippen LogP contribution in [0.2, 0.25) is 0 Å². The summed E-state index contributed by atoms with van der Waals surface area (Å²) in [5.74, 6) is -1.02. The molecule has 1 aliphatic rings. The van der Waals surface area contributed by atoms with Crippen molar-refractivity contribution in [3.63, 3.8) is 0 Å². The van der Waals surface area contributed by atoms with E-state index < -0.39 is 11.6 Å². The van der Waals surface area contributed by atoms with Gasteiger partial charge in [-0.2, -0.15) is 0 Å². The molecule has 2 rings (SSSR count). The van der Waals surface area contributed by atoms with Crippen LogP contribution in [0.5, 0.6) is 0 Å². The van der Waals surface area contributed by atoms with E-state index in [0.29, 0.717) is 13.1 Å². The van der Waals surface area contributed by atoms with Gasteiger partial charge in [0.05, 0.1) is 0 Å². The highest BCUT2D eigenvalue weighted by molar-refractivity contribution is 5.74. The third-order valence-electron chi connectivity index (χ3n) is 3.23. The number of amides is 2. The zero-order chi connectivity index (χ0) is 13.8. The first kappa shape index (κ1) is 13.7. The third kappa shape index (κ3) is 3.64. The summed E-state index contributed by atoms with van der Waals surface area (Å²) in [7, 11) is 2.00. The average molecular weight is 269 g/mol. The Morgan fingerprint density at radius 1 is 1.26 bits per heavy atom. The van der Waals surface area contributed by atoms with E-state index in [-0.39, 0.29) is 18.1 Å². The van der Waals surface area contributed by atoms with Crippen molar-refractivity contribution in [2.24, 2.45) is 0 Å². The van der Waals surface area contributed by atoms with Crippen molar-refractivity contribution in [1.82, 2.24) is 15.1 Å². The zero-order valence-corrected chi connectivity index (χ0v) is 10.8. The second kappa shape index (κ2) is 5.97. The molecule has 0 bridgehead atoms. The van der Waals surface area contributed by atoms with Gasteiger partial charge in [0.2, 0.25) is 0 Å².